The summed E-state index contributed by atoms with van der Waals surface area (Å²) in [4.78, 5) is 33.7. The molecule has 2 aromatic rings. The van der Waals surface area contributed by atoms with Gasteiger partial charge in [-0.1, -0.05) is 49.4 Å². The summed E-state index contributed by atoms with van der Waals surface area (Å²) in [6.07, 6.45) is 9.21. The molecule has 1 amide bonds. The Hall–Kier alpha value is -4.07. The van der Waals surface area contributed by atoms with Crippen molar-refractivity contribution in [2.24, 2.45) is 0 Å². The van der Waals surface area contributed by atoms with Crippen LogP contribution in [0.5, 0.6) is 0 Å². The van der Waals surface area contributed by atoms with E-state index in [0.29, 0.717) is 6.42 Å². The molecule has 0 bridgehead atoms. The third-order valence-electron chi connectivity index (χ3n) is 5.53. The molecule has 3 rings (SSSR count). The van der Waals surface area contributed by atoms with E-state index in [1.165, 1.54) is 0 Å². The van der Waals surface area contributed by atoms with Crippen molar-refractivity contribution in [3.63, 3.8) is 0 Å². The molecule has 0 saturated heterocycles. The van der Waals surface area contributed by atoms with Gasteiger partial charge in [0.25, 0.3) is 17.3 Å². The third kappa shape index (κ3) is 6.96. The number of hydrogen-bond donors (Lipinski definition) is 1. The number of allylic oxidation sites excluding steroid dienone is 2. The predicted octanol–water partition coefficient (Wildman–Crippen LogP) is 6.96. The highest BCUT2D eigenvalue weighted by Crippen LogP contribution is 2.36. The molecule has 1 aliphatic carbocycles. The maximum atomic E-state index is 12.9. The number of benzene rings is 2. The largest absolute Gasteiger partial charge is 0.345 e. The molecule has 0 aromatic heterocycles. The summed E-state index contributed by atoms with van der Waals surface area (Å²) in [5.41, 5.74) is 4.04. The standard InChI is InChI=1S/C23H23N3O5.C4H8/c1-4-20-16(10-14(2)3)9-8-15-6-5-7-21(22(15)20)24-23(27)17-11-18(25(28)29)13-19(12-17)26(30)31;1-3-4-2/h4,8-13,21H,1,5-7H2,2-3H3,(H,24,27);3H,1,4H2,2H3. The van der Waals surface area contributed by atoms with Crippen molar-refractivity contribution in [1.82, 2.24) is 5.32 Å². The van der Waals surface area contributed by atoms with Crippen molar-refractivity contribution in [3.05, 3.63) is 103 Å². The summed E-state index contributed by atoms with van der Waals surface area (Å²) in [7, 11) is 0. The van der Waals surface area contributed by atoms with Gasteiger partial charge in [-0.15, -0.1) is 6.58 Å². The number of amides is 1. The molecule has 1 unspecified atom stereocenters. The van der Waals surface area contributed by atoms with Crippen LogP contribution in [0.25, 0.3) is 12.2 Å². The van der Waals surface area contributed by atoms with E-state index in [1.807, 2.05) is 32.1 Å². The van der Waals surface area contributed by atoms with Crippen LogP contribution < -0.4 is 5.32 Å². The number of aryl methyl sites for hydroxylation is 1. The second-order valence-electron chi connectivity index (χ2n) is 8.43. The number of nitrogens with zero attached hydrogens (tertiary/aromatic N) is 2. The van der Waals surface area contributed by atoms with Gasteiger partial charge in [-0.2, -0.15) is 0 Å². The predicted molar refractivity (Wildman–Crippen MR) is 139 cm³/mol. The van der Waals surface area contributed by atoms with Gasteiger partial charge in [0, 0.05) is 12.1 Å². The highest BCUT2D eigenvalue weighted by Gasteiger charge is 2.27. The molecule has 0 radical (unpaired) electrons. The molecule has 2 aromatic carbocycles. The lowest BCUT2D eigenvalue weighted by atomic mass is 9.82. The number of nitro groups is 2. The highest BCUT2D eigenvalue weighted by molar-refractivity contribution is 5.96. The fourth-order valence-electron chi connectivity index (χ4n) is 3.96. The van der Waals surface area contributed by atoms with Crippen LogP contribution in [0.15, 0.2) is 55.1 Å². The van der Waals surface area contributed by atoms with Crippen molar-refractivity contribution in [2.45, 2.75) is 52.5 Å². The number of nitro benzene ring substituents is 2. The lowest BCUT2D eigenvalue weighted by molar-refractivity contribution is -0.394. The Labute approximate surface area is 205 Å². The number of nitrogens with one attached hydrogen (secondary N) is 1. The Morgan fingerprint density at radius 1 is 1.11 bits per heavy atom. The van der Waals surface area contributed by atoms with E-state index in [2.05, 4.69) is 31.5 Å². The summed E-state index contributed by atoms with van der Waals surface area (Å²) in [6.45, 7) is 13.5. The molecule has 1 aliphatic rings. The smallest absolute Gasteiger partial charge is 0.277 e. The van der Waals surface area contributed by atoms with Crippen molar-refractivity contribution < 1.29 is 14.6 Å². The van der Waals surface area contributed by atoms with Crippen LogP contribution in [0, 0.1) is 20.2 Å². The van der Waals surface area contributed by atoms with Gasteiger partial charge < -0.3 is 5.32 Å². The van der Waals surface area contributed by atoms with Crippen LogP contribution in [0.4, 0.5) is 11.4 Å². The first-order valence-electron chi connectivity index (χ1n) is 11.4. The molecule has 0 heterocycles. The van der Waals surface area contributed by atoms with Crippen LogP contribution in [-0.4, -0.2) is 15.8 Å². The Morgan fingerprint density at radius 3 is 2.20 bits per heavy atom. The number of carbonyl (C=O) groups is 1. The van der Waals surface area contributed by atoms with Gasteiger partial charge in [0.2, 0.25) is 0 Å². The molecule has 0 fully saturated rings. The topological polar surface area (TPSA) is 115 Å². The molecule has 1 N–H and O–H groups in total. The van der Waals surface area contributed by atoms with Crippen LogP contribution in [0.1, 0.15) is 78.7 Å². The summed E-state index contributed by atoms with van der Waals surface area (Å²) in [5, 5.41) is 25.2. The maximum Gasteiger partial charge on any atom is 0.277 e. The fourth-order valence-corrected chi connectivity index (χ4v) is 3.96. The summed E-state index contributed by atoms with van der Waals surface area (Å²) in [6, 6.07) is 6.71. The second-order valence-corrected chi connectivity index (χ2v) is 8.43. The summed E-state index contributed by atoms with van der Waals surface area (Å²) in [5.74, 6) is -0.590. The zero-order chi connectivity index (χ0) is 26.1. The first-order chi connectivity index (χ1) is 16.6. The van der Waals surface area contributed by atoms with Crippen molar-refractivity contribution in [1.29, 1.82) is 0 Å². The maximum absolute atomic E-state index is 12.9. The summed E-state index contributed by atoms with van der Waals surface area (Å²) >= 11 is 0. The van der Waals surface area contributed by atoms with Crippen LogP contribution in [0.2, 0.25) is 0 Å². The van der Waals surface area contributed by atoms with E-state index >= 15 is 0 Å². The Balaban J connectivity index is 0.00000100. The van der Waals surface area contributed by atoms with Crippen molar-refractivity contribution in [3.8, 4) is 0 Å². The molecule has 184 valence electrons. The van der Waals surface area contributed by atoms with Gasteiger partial charge in [-0.25, -0.2) is 0 Å². The van der Waals surface area contributed by atoms with Gasteiger partial charge in [0.15, 0.2) is 0 Å². The average molecular weight is 478 g/mol. The SMILES string of the molecule is C=CCC.C=Cc1c(C=C(C)C)ccc2c1C(NC(=O)c1cc([N+](=O)[O-])cc([N+](=O)[O-])c1)CCC2. The van der Waals surface area contributed by atoms with Gasteiger partial charge in [0.05, 0.1) is 27.5 Å². The lowest BCUT2D eigenvalue weighted by Crippen LogP contribution is -2.31. The molecule has 35 heavy (non-hydrogen) atoms. The van der Waals surface area contributed by atoms with E-state index in [4.69, 9.17) is 0 Å². The van der Waals surface area contributed by atoms with Crippen LogP contribution in [-0.2, 0) is 6.42 Å². The van der Waals surface area contributed by atoms with Gasteiger partial charge in [0.1, 0.15) is 0 Å². The molecule has 8 nitrogen and oxygen atoms in total. The normalized spacial score (nSPS) is 13.9. The monoisotopic (exact) mass is 477 g/mol. The van der Waals surface area contributed by atoms with Crippen LogP contribution >= 0.6 is 0 Å². The molecule has 8 heteroatoms. The number of rotatable bonds is 7. The zero-order valence-electron chi connectivity index (χ0n) is 20.4. The van der Waals surface area contributed by atoms with E-state index in [1.54, 1.807) is 6.08 Å². The average Bonchev–Trinajstić information content (AvgIpc) is 2.83. The Bertz CT molecular complexity index is 1150. The third-order valence-corrected chi connectivity index (χ3v) is 5.53. The quantitative estimate of drug-likeness (QED) is 0.263. The number of carbonyl (C=O) groups excluding carboxylic acids is 1. The molecule has 0 spiro atoms. The minimum Gasteiger partial charge on any atom is -0.345 e. The number of non-ortho nitro benzene ring substituents is 2. The van der Waals surface area contributed by atoms with Gasteiger partial charge in [-0.05, 0) is 61.8 Å². The van der Waals surface area contributed by atoms with E-state index in [-0.39, 0.29) is 11.6 Å². The first-order valence-corrected chi connectivity index (χ1v) is 11.4. The fraction of sp³-hybridized carbons (Fsp3) is 0.296. The zero-order valence-corrected chi connectivity index (χ0v) is 20.4. The van der Waals surface area contributed by atoms with Gasteiger partial charge in [-0.3, -0.25) is 25.0 Å². The van der Waals surface area contributed by atoms with E-state index in [9.17, 15) is 25.0 Å². The number of hydrogen-bond acceptors (Lipinski definition) is 5. The van der Waals surface area contributed by atoms with Crippen molar-refractivity contribution >= 4 is 29.4 Å². The molecule has 1 atom stereocenters. The lowest BCUT2D eigenvalue weighted by Gasteiger charge is -2.29. The second kappa shape index (κ2) is 12.4. The molecular weight excluding hydrogens is 446 g/mol. The molecule has 0 aliphatic heterocycles. The minimum atomic E-state index is -0.749. The Kier molecular flexibility index (Phi) is 9.64. The minimum absolute atomic E-state index is 0.117. The van der Waals surface area contributed by atoms with Gasteiger partial charge >= 0.3 is 0 Å². The summed E-state index contributed by atoms with van der Waals surface area (Å²) < 4.78 is 0. The first kappa shape index (κ1) is 27.2. The van der Waals surface area contributed by atoms with E-state index in [0.717, 1.165) is 65.3 Å². The Morgan fingerprint density at radius 2 is 1.71 bits per heavy atom. The van der Waals surface area contributed by atoms with Crippen molar-refractivity contribution in [2.75, 3.05) is 0 Å². The van der Waals surface area contributed by atoms with Crippen LogP contribution in [0.3, 0.4) is 0 Å². The molecular formula is C27H31N3O5. The highest BCUT2D eigenvalue weighted by atomic mass is 16.6. The van der Waals surface area contributed by atoms with E-state index < -0.39 is 27.1 Å². The molecule has 0 saturated carbocycles. The number of fused-ring (bicyclic) bond motifs is 1.